The van der Waals surface area contributed by atoms with Gasteiger partial charge in [0.05, 0.1) is 35.5 Å². The smallest absolute Gasteiger partial charge is 0.331 e. The van der Waals surface area contributed by atoms with Crippen LogP contribution in [-0.2, 0) is 11.3 Å². The molecule has 5 rings (SSSR count). The van der Waals surface area contributed by atoms with Crippen LogP contribution in [0.5, 0.6) is 0 Å². The van der Waals surface area contributed by atoms with Crippen molar-refractivity contribution < 1.29 is 9.59 Å². The Balaban J connectivity index is 0.000000994. The Morgan fingerprint density at radius 3 is 2.58 bits per heavy atom. The van der Waals surface area contributed by atoms with E-state index in [1.54, 1.807) is 6.07 Å². The lowest BCUT2D eigenvalue weighted by molar-refractivity contribution is -0.123. The van der Waals surface area contributed by atoms with Crippen LogP contribution in [0, 0.1) is 0 Å². The maximum Gasteiger partial charge on any atom is 0.331 e. The van der Waals surface area contributed by atoms with Crippen LogP contribution in [0.4, 0.5) is 21.9 Å². The lowest BCUT2D eigenvalue weighted by Gasteiger charge is -2.17. The molecule has 1 saturated carbocycles. The van der Waals surface area contributed by atoms with Gasteiger partial charge in [-0.25, -0.2) is 14.8 Å². The first-order chi connectivity index (χ1) is 15.4. The first kappa shape index (κ1) is 24.3. The first-order valence-corrected chi connectivity index (χ1v) is 11.0. The van der Waals surface area contributed by atoms with Crippen molar-refractivity contribution in [2.75, 3.05) is 29.5 Å². The Kier molecular flexibility index (Phi) is 7.12. The number of anilines is 3. The number of hydrogen-bond acceptors (Lipinski definition) is 6. The van der Waals surface area contributed by atoms with Gasteiger partial charge in [-0.15, -0.1) is 0 Å². The minimum Gasteiger partial charge on any atom is -0.396 e. The van der Waals surface area contributed by atoms with Gasteiger partial charge in [0.1, 0.15) is 11.7 Å². The molecule has 33 heavy (non-hydrogen) atoms. The van der Waals surface area contributed by atoms with Gasteiger partial charge in [0.25, 0.3) is 0 Å². The molecule has 3 N–H and O–H groups in total. The molecular formula is C23H30ClN7O2. The van der Waals surface area contributed by atoms with E-state index >= 15 is 0 Å². The van der Waals surface area contributed by atoms with Gasteiger partial charge < -0.3 is 15.5 Å². The van der Waals surface area contributed by atoms with Gasteiger partial charge in [-0.05, 0) is 30.4 Å². The number of likely N-dealkylation sites (N-methyl/N-ethyl adjacent to an activating group) is 1. The fourth-order valence-corrected chi connectivity index (χ4v) is 3.80. The maximum atomic E-state index is 12.6. The highest BCUT2D eigenvalue weighted by atomic mass is 35.5. The number of nitrogen functional groups attached to an aromatic ring is 1. The van der Waals surface area contributed by atoms with Crippen LogP contribution >= 0.6 is 11.6 Å². The van der Waals surface area contributed by atoms with Crippen molar-refractivity contribution in [3.05, 3.63) is 47.1 Å². The van der Waals surface area contributed by atoms with Crippen LogP contribution < -0.4 is 16.0 Å². The quantitative estimate of drug-likeness (QED) is 0.418. The summed E-state index contributed by atoms with van der Waals surface area (Å²) in [5.74, 6) is 0.260. The summed E-state index contributed by atoms with van der Waals surface area (Å²) in [6.45, 7) is 4.43. The van der Waals surface area contributed by atoms with E-state index in [1.165, 1.54) is 18.1 Å². The number of nitrogens with two attached hydrogens (primary N) is 1. The predicted octanol–water partition coefficient (Wildman–Crippen LogP) is 4.52. The van der Waals surface area contributed by atoms with Gasteiger partial charge in [0, 0.05) is 25.5 Å². The molecule has 10 heteroatoms. The van der Waals surface area contributed by atoms with Crippen molar-refractivity contribution >= 4 is 46.2 Å². The number of rotatable bonds is 5. The summed E-state index contributed by atoms with van der Waals surface area (Å²) in [7, 11) is 1.50. The summed E-state index contributed by atoms with van der Waals surface area (Å²) in [5, 5.41) is 3.57. The molecule has 0 spiro atoms. The van der Waals surface area contributed by atoms with Crippen molar-refractivity contribution in [3.63, 3.8) is 0 Å². The molecular weight excluding hydrogens is 442 g/mol. The number of urea groups is 1. The minimum atomic E-state index is -0.336. The number of fused-ring (bicyclic) bond motifs is 1. The average molecular weight is 472 g/mol. The van der Waals surface area contributed by atoms with Gasteiger partial charge in [0.2, 0.25) is 5.91 Å². The average Bonchev–Trinajstić information content (AvgIpc) is 3.51. The Morgan fingerprint density at radius 1 is 1.21 bits per heavy atom. The molecule has 1 aliphatic carbocycles. The molecule has 0 aromatic carbocycles. The van der Waals surface area contributed by atoms with E-state index in [0.717, 1.165) is 29.0 Å². The molecule has 3 aromatic rings. The summed E-state index contributed by atoms with van der Waals surface area (Å²) in [6, 6.07) is 3.31. The number of nitrogens with one attached hydrogen (secondary N) is 1. The van der Waals surface area contributed by atoms with Crippen LogP contribution in [0.15, 0.2) is 30.7 Å². The van der Waals surface area contributed by atoms with Crippen LogP contribution in [0.1, 0.15) is 51.3 Å². The van der Waals surface area contributed by atoms with Crippen molar-refractivity contribution in [1.82, 2.24) is 19.3 Å². The Bertz CT molecular complexity index is 1190. The van der Waals surface area contributed by atoms with E-state index in [-0.39, 0.29) is 25.9 Å². The zero-order valence-corrected chi connectivity index (χ0v) is 19.1. The van der Waals surface area contributed by atoms with E-state index in [9.17, 15) is 9.59 Å². The molecule has 3 amide bonds. The highest BCUT2D eigenvalue weighted by Gasteiger charge is 2.36. The predicted molar refractivity (Wildman–Crippen MR) is 132 cm³/mol. The van der Waals surface area contributed by atoms with Crippen LogP contribution in [0.2, 0.25) is 5.15 Å². The second-order valence-corrected chi connectivity index (χ2v) is 8.05. The zero-order valence-electron chi connectivity index (χ0n) is 18.3. The summed E-state index contributed by atoms with van der Waals surface area (Å²) in [4.78, 5) is 36.0. The zero-order chi connectivity index (χ0) is 23.0. The standard InChI is InChI=1S/C20H20ClN7O2.C2H6.CH4/c1-26-18(29)10-28(20(26)30)16-4-12(11-2-3-11)8-27-9-13(25-19(16)27)6-23-15-5-17(21)24-7-14(15)22;1-2;/h4-5,7-9,11H,2-3,6,10,22H2,1H3,(H,23,24);1-2H3;1H4. The van der Waals surface area contributed by atoms with Crippen LogP contribution in [0.25, 0.3) is 5.65 Å². The fourth-order valence-electron chi connectivity index (χ4n) is 3.64. The maximum absolute atomic E-state index is 12.6. The van der Waals surface area contributed by atoms with Crippen molar-refractivity contribution in [2.45, 2.75) is 46.6 Å². The van der Waals surface area contributed by atoms with E-state index in [2.05, 4.69) is 16.5 Å². The molecule has 0 bridgehead atoms. The van der Waals surface area contributed by atoms with E-state index < -0.39 is 0 Å². The molecule has 0 atom stereocenters. The second kappa shape index (κ2) is 9.66. The number of pyridine rings is 2. The number of imide groups is 1. The normalized spacial score (nSPS) is 15.4. The van der Waals surface area contributed by atoms with Crippen molar-refractivity contribution in [1.29, 1.82) is 0 Å². The van der Waals surface area contributed by atoms with E-state index in [1.807, 2.05) is 30.5 Å². The Morgan fingerprint density at radius 2 is 1.94 bits per heavy atom. The fraction of sp³-hybridized carbons (Fsp3) is 0.391. The van der Waals surface area contributed by atoms with E-state index in [4.69, 9.17) is 22.3 Å². The molecule has 3 aromatic heterocycles. The minimum absolute atomic E-state index is 0. The van der Waals surface area contributed by atoms with Crippen molar-refractivity contribution in [3.8, 4) is 0 Å². The van der Waals surface area contributed by atoms with Gasteiger partial charge in [-0.2, -0.15) is 0 Å². The third-order valence-corrected chi connectivity index (χ3v) is 5.70. The SMILES string of the molecule is C.CC.CN1C(=O)CN(c2cc(C3CC3)cn3cc(CNc4cc(Cl)ncc4N)nc23)C1=O. The number of carbonyl (C=O) groups is 2. The lowest BCUT2D eigenvalue weighted by atomic mass is 10.1. The first-order valence-electron chi connectivity index (χ1n) is 10.6. The Labute approximate surface area is 198 Å². The number of amides is 3. The van der Waals surface area contributed by atoms with Gasteiger partial charge in [0.15, 0.2) is 5.65 Å². The molecule has 4 heterocycles. The summed E-state index contributed by atoms with van der Waals surface area (Å²) >= 11 is 5.95. The largest absolute Gasteiger partial charge is 0.396 e. The lowest BCUT2D eigenvalue weighted by Crippen LogP contribution is -2.30. The number of aromatic nitrogens is 3. The third-order valence-electron chi connectivity index (χ3n) is 5.49. The highest BCUT2D eigenvalue weighted by molar-refractivity contribution is 6.29. The topological polar surface area (TPSA) is 109 Å². The third kappa shape index (κ3) is 4.73. The number of halogens is 1. The van der Waals surface area contributed by atoms with E-state index in [0.29, 0.717) is 40.3 Å². The molecule has 9 nitrogen and oxygen atoms in total. The monoisotopic (exact) mass is 471 g/mol. The van der Waals surface area contributed by atoms with Gasteiger partial charge >= 0.3 is 6.03 Å². The summed E-state index contributed by atoms with van der Waals surface area (Å²) in [6.07, 6.45) is 7.73. The van der Waals surface area contributed by atoms with Gasteiger partial charge in [-0.1, -0.05) is 32.9 Å². The number of hydrogen-bond donors (Lipinski definition) is 2. The second-order valence-electron chi connectivity index (χ2n) is 7.67. The molecule has 1 saturated heterocycles. The molecule has 2 fully saturated rings. The Hall–Kier alpha value is -3.33. The number of nitrogens with zero attached hydrogens (tertiary/aromatic N) is 5. The number of imidazole rings is 1. The summed E-state index contributed by atoms with van der Waals surface area (Å²) < 4.78 is 1.93. The van der Waals surface area contributed by atoms with Crippen LogP contribution in [-0.4, -0.2) is 44.8 Å². The molecule has 176 valence electrons. The van der Waals surface area contributed by atoms with Crippen molar-refractivity contribution in [2.24, 2.45) is 0 Å². The van der Waals surface area contributed by atoms with Gasteiger partial charge in [-0.3, -0.25) is 14.6 Å². The summed E-state index contributed by atoms with van der Waals surface area (Å²) in [5.41, 5.74) is 10.3. The molecule has 1 aliphatic heterocycles. The number of carbonyl (C=O) groups excluding carboxylic acids is 2. The molecule has 2 aliphatic rings. The highest BCUT2D eigenvalue weighted by Crippen LogP contribution is 2.42. The molecule has 0 radical (unpaired) electrons. The molecule has 0 unspecified atom stereocenters. The van der Waals surface area contributed by atoms with Crippen LogP contribution in [0.3, 0.4) is 0 Å².